The van der Waals surface area contributed by atoms with Gasteiger partial charge in [-0.05, 0) is 19.8 Å². The van der Waals surface area contributed by atoms with Gasteiger partial charge in [0.25, 0.3) is 0 Å². The molecular weight excluding hydrogens is 330 g/mol. The van der Waals surface area contributed by atoms with Gasteiger partial charge >= 0.3 is 5.97 Å². The second-order valence-corrected chi connectivity index (χ2v) is 7.46. The smallest absolute Gasteiger partial charge is 0.340 e. The lowest BCUT2D eigenvalue weighted by atomic mass is 10.2. The van der Waals surface area contributed by atoms with Crippen molar-refractivity contribution >= 4 is 40.7 Å². The highest BCUT2D eigenvalue weighted by atomic mass is 35.5. The molecule has 0 aliphatic heterocycles. The van der Waals surface area contributed by atoms with E-state index in [0.29, 0.717) is 26.9 Å². The molecule has 1 N–H and O–H groups in total. The predicted molar refractivity (Wildman–Crippen MR) is 82.4 cm³/mol. The van der Waals surface area contributed by atoms with Crippen LogP contribution in [0, 0.1) is 6.92 Å². The summed E-state index contributed by atoms with van der Waals surface area (Å²) in [5.41, 5.74) is 0.726. The summed E-state index contributed by atoms with van der Waals surface area (Å²) in [7, 11) is 0. The molecule has 1 saturated carbocycles. The van der Waals surface area contributed by atoms with Crippen molar-refractivity contribution in [2.75, 3.05) is 0 Å². The zero-order valence-corrected chi connectivity index (χ0v) is 13.6. The number of carbonyl (C=O) groups is 1. The van der Waals surface area contributed by atoms with Crippen LogP contribution in [-0.4, -0.2) is 26.0 Å². The van der Waals surface area contributed by atoms with E-state index in [0.717, 1.165) is 23.5 Å². The van der Waals surface area contributed by atoms with E-state index in [1.807, 2.05) is 0 Å². The van der Waals surface area contributed by atoms with E-state index in [-0.39, 0.29) is 5.56 Å². The Balaban J connectivity index is 1.88. The molecule has 5 nitrogen and oxygen atoms in total. The highest BCUT2D eigenvalue weighted by Crippen LogP contribution is 2.39. The number of thioether (sulfide) groups is 1. The number of nitrogens with zero attached hydrogens (tertiary/aromatic N) is 3. The van der Waals surface area contributed by atoms with Gasteiger partial charge < -0.3 is 5.11 Å². The third-order valence-electron chi connectivity index (χ3n) is 3.11. The summed E-state index contributed by atoms with van der Waals surface area (Å²) in [5.74, 6) is 0.774. The molecule has 0 unspecified atom stereocenters. The van der Waals surface area contributed by atoms with Gasteiger partial charge in [0.15, 0.2) is 4.47 Å². The number of aromatic carboxylic acids is 1. The SMILES string of the molecule is Cc1nc(C2CC2)nc(SCc2cnc(Cl)s2)c1C(=O)O. The molecule has 0 amide bonds. The Morgan fingerprint density at radius 2 is 2.29 bits per heavy atom. The maximum absolute atomic E-state index is 11.4. The molecule has 0 atom stereocenters. The molecule has 2 aromatic heterocycles. The van der Waals surface area contributed by atoms with Crippen LogP contribution in [0.25, 0.3) is 0 Å². The van der Waals surface area contributed by atoms with Gasteiger partial charge in [-0.2, -0.15) is 0 Å². The Labute approximate surface area is 134 Å². The molecular formula is C13H12ClN3O2S2. The van der Waals surface area contributed by atoms with Gasteiger partial charge in [0.1, 0.15) is 16.4 Å². The van der Waals surface area contributed by atoms with Crippen molar-refractivity contribution in [3.8, 4) is 0 Å². The molecule has 2 aromatic rings. The largest absolute Gasteiger partial charge is 0.478 e. The molecule has 0 radical (unpaired) electrons. The van der Waals surface area contributed by atoms with E-state index in [1.165, 1.54) is 23.1 Å². The minimum absolute atomic E-state index is 0.194. The molecule has 2 heterocycles. The standard InChI is InChI=1S/C13H12ClN3O2S2/c1-6-9(12(18)19)11(17-10(16-6)7-2-3-7)20-5-8-4-15-13(14)21-8/h4,7H,2-3,5H2,1H3,(H,18,19). The van der Waals surface area contributed by atoms with E-state index >= 15 is 0 Å². The van der Waals surface area contributed by atoms with Gasteiger partial charge in [-0.15, -0.1) is 11.3 Å². The maximum atomic E-state index is 11.4. The summed E-state index contributed by atoms with van der Waals surface area (Å²) >= 11 is 8.59. The normalized spacial score (nSPS) is 14.4. The van der Waals surface area contributed by atoms with Crippen LogP contribution in [0.15, 0.2) is 11.2 Å². The van der Waals surface area contributed by atoms with Gasteiger partial charge in [0.2, 0.25) is 0 Å². The van der Waals surface area contributed by atoms with Gasteiger partial charge in [-0.3, -0.25) is 0 Å². The average molecular weight is 342 g/mol. The Kier molecular flexibility index (Phi) is 4.14. The zero-order chi connectivity index (χ0) is 15.0. The fraction of sp³-hybridized carbons (Fsp3) is 0.385. The molecule has 21 heavy (non-hydrogen) atoms. The topological polar surface area (TPSA) is 76.0 Å². The highest BCUT2D eigenvalue weighted by Gasteiger charge is 2.29. The van der Waals surface area contributed by atoms with Crippen LogP contribution < -0.4 is 0 Å². The van der Waals surface area contributed by atoms with Crippen LogP contribution in [-0.2, 0) is 5.75 Å². The predicted octanol–water partition coefficient (Wildman–Crippen LogP) is 3.76. The van der Waals surface area contributed by atoms with Crippen molar-refractivity contribution in [1.82, 2.24) is 15.0 Å². The molecule has 0 saturated heterocycles. The number of carboxylic acids is 1. The minimum Gasteiger partial charge on any atom is -0.478 e. The number of aromatic nitrogens is 3. The number of hydrogen-bond acceptors (Lipinski definition) is 6. The Morgan fingerprint density at radius 3 is 2.86 bits per heavy atom. The van der Waals surface area contributed by atoms with Crippen LogP contribution in [0.5, 0.6) is 0 Å². The van der Waals surface area contributed by atoms with Crippen molar-refractivity contribution in [2.45, 2.75) is 36.5 Å². The van der Waals surface area contributed by atoms with E-state index in [1.54, 1.807) is 13.1 Å². The molecule has 1 aliphatic carbocycles. The number of halogens is 1. The first-order valence-corrected chi connectivity index (χ1v) is 8.57. The molecule has 0 spiro atoms. The van der Waals surface area contributed by atoms with Crippen molar-refractivity contribution in [2.24, 2.45) is 0 Å². The zero-order valence-electron chi connectivity index (χ0n) is 11.2. The summed E-state index contributed by atoms with van der Waals surface area (Å²) in [5, 5.41) is 9.90. The maximum Gasteiger partial charge on any atom is 0.340 e. The lowest BCUT2D eigenvalue weighted by Crippen LogP contribution is -2.09. The Morgan fingerprint density at radius 1 is 1.52 bits per heavy atom. The third-order valence-corrected chi connectivity index (χ3v) is 5.43. The molecule has 8 heteroatoms. The van der Waals surface area contributed by atoms with Crippen LogP contribution in [0.4, 0.5) is 0 Å². The summed E-state index contributed by atoms with van der Waals surface area (Å²) in [6.45, 7) is 1.73. The lowest BCUT2D eigenvalue weighted by molar-refractivity contribution is 0.0690. The average Bonchev–Trinajstić information content (AvgIpc) is 3.18. The van der Waals surface area contributed by atoms with Crippen molar-refractivity contribution in [3.63, 3.8) is 0 Å². The summed E-state index contributed by atoms with van der Waals surface area (Å²) in [6.07, 6.45) is 3.87. The molecule has 0 bridgehead atoms. The van der Waals surface area contributed by atoms with Gasteiger partial charge in [0, 0.05) is 22.7 Å². The Hall–Kier alpha value is -1.18. The van der Waals surface area contributed by atoms with Crippen LogP contribution in [0.3, 0.4) is 0 Å². The minimum atomic E-state index is -0.986. The first kappa shape index (κ1) is 14.7. The van der Waals surface area contributed by atoms with Crippen LogP contribution in [0.1, 0.15) is 45.5 Å². The fourth-order valence-corrected chi connectivity index (χ4v) is 4.01. The number of aryl methyl sites for hydroxylation is 1. The number of rotatable bonds is 5. The summed E-state index contributed by atoms with van der Waals surface area (Å²) < 4.78 is 0.488. The van der Waals surface area contributed by atoms with Crippen LogP contribution >= 0.6 is 34.7 Å². The van der Waals surface area contributed by atoms with Crippen molar-refractivity contribution < 1.29 is 9.90 Å². The quantitative estimate of drug-likeness (QED) is 0.659. The summed E-state index contributed by atoms with van der Waals surface area (Å²) in [4.78, 5) is 25.2. The van der Waals surface area contributed by atoms with E-state index < -0.39 is 5.97 Å². The number of hydrogen-bond donors (Lipinski definition) is 1. The second kappa shape index (κ2) is 5.90. The van der Waals surface area contributed by atoms with Gasteiger partial charge in [0.05, 0.1) is 5.69 Å². The highest BCUT2D eigenvalue weighted by molar-refractivity contribution is 7.98. The van der Waals surface area contributed by atoms with Gasteiger partial charge in [-0.1, -0.05) is 23.4 Å². The van der Waals surface area contributed by atoms with E-state index in [2.05, 4.69) is 15.0 Å². The summed E-state index contributed by atoms with van der Waals surface area (Å²) in [6, 6.07) is 0. The van der Waals surface area contributed by atoms with E-state index in [9.17, 15) is 9.90 Å². The number of thiazole rings is 1. The molecule has 3 rings (SSSR count). The Bertz CT molecular complexity index is 701. The van der Waals surface area contributed by atoms with E-state index in [4.69, 9.17) is 11.6 Å². The third kappa shape index (κ3) is 3.36. The van der Waals surface area contributed by atoms with Crippen molar-refractivity contribution in [1.29, 1.82) is 0 Å². The lowest BCUT2D eigenvalue weighted by Gasteiger charge is -2.09. The monoisotopic (exact) mass is 341 g/mol. The molecule has 110 valence electrons. The van der Waals surface area contributed by atoms with Crippen LogP contribution in [0.2, 0.25) is 4.47 Å². The van der Waals surface area contributed by atoms with Gasteiger partial charge in [-0.25, -0.2) is 19.7 Å². The number of carboxylic acid groups (broad SMARTS) is 1. The first-order chi connectivity index (χ1) is 10.0. The van der Waals surface area contributed by atoms with Crippen molar-refractivity contribution in [3.05, 3.63) is 32.6 Å². The molecule has 1 fully saturated rings. The first-order valence-electron chi connectivity index (χ1n) is 6.39. The molecule has 1 aliphatic rings. The molecule has 0 aromatic carbocycles. The fourth-order valence-electron chi connectivity index (χ4n) is 1.93. The second-order valence-electron chi connectivity index (χ2n) is 4.79.